The maximum atomic E-state index is 12.2. The largest absolute Gasteiger partial charge is 0.497 e. The van der Waals surface area contributed by atoms with Gasteiger partial charge in [-0.05, 0) is 42.3 Å². The smallest absolute Gasteiger partial charge is 0.269 e. The minimum atomic E-state index is -0.175. The summed E-state index contributed by atoms with van der Waals surface area (Å²) in [5.41, 5.74) is 3.16. The molecule has 0 unspecified atom stereocenters. The van der Waals surface area contributed by atoms with Crippen molar-refractivity contribution < 1.29 is 9.53 Å². The van der Waals surface area contributed by atoms with E-state index in [1.807, 2.05) is 36.4 Å². The first kappa shape index (κ1) is 15.7. The summed E-state index contributed by atoms with van der Waals surface area (Å²) in [6.45, 7) is 0.552. The van der Waals surface area contributed by atoms with Gasteiger partial charge in [0.15, 0.2) is 0 Å². The lowest BCUT2D eigenvalue weighted by Crippen LogP contribution is -2.26. The van der Waals surface area contributed by atoms with Gasteiger partial charge in [0.1, 0.15) is 11.4 Å². The number of hydrogen-bond acceptors (Lipinski definition) is 4. The van der Waals surface area contributed by atoms with Gasteiger partial charge in [-0.3, -0.25) is 14.9 Å². The molecule has 2 aromatic heterocycles. The normalized spacial score (nSPS) is 10.4. The van der Waals surface area contributed by atoms with Crippen molar-refractivity contribution >= 4 is 5.91 Å². The SMILES string of the molecule is COc1cccc(-c2cc(C(=O)NCCc3ccncc3)[nH]n2)c1. The van der Waals surface area contributed by atoms with Crippen molar-refractivity contribution in [3.05, 3.63) is 66.1 Å². The Bertz CT molecular complexity index is 815. The fourth-order valence-electron chi connectivity index (χ4n) is 2.33. The van der Waals surface area contributed by atoms with Crippen LogP contribution in [-0.2, 0) is 6.42 Å². The summed E-state index contributed by atoms with van der Waals surface area (Å²) in [4.78, 5) is 16.2. The average molecular weight is 322 g/mol. The van der Waals surface area contributed by atoms with Crippen molar-refractivity contribution in [3.8, 4) is 17.0 Å². The molecule has 0 atom stereocenters. The second-order valence-corrected chi connectivity index (χ2v) is 5.26. The zero-order chi connectivity index (χ0) is 16.8. The summed E-state index contributed by atoms with van der Waals surface area (Å²) in [6.07, 6.45) is 4.24. The molecule has 1 aromatic carbocycles. The van der Waals surface area contributed by atoms with E-state index in [0.29, 0.717) is 17.9 Å². The van der Waals surface area contributed by atoms with Crippen molar-refractivity contribution in [3.63, 3.8) is 0 Å². The molecule has 6 nitrogen and oxygen atoms in total. The Kier molecular flexibility index (Phi) is 4.86. The Balaban J connectivity index is 1.61. The van der Waals surface area contributed by atoms with Gasteiger partial charge in [-0.2, -0.15) is 5.10 Å². The van der Waals surface area contributed by atoms with E-state index < -0.39 is 0 Å². The van der Waals surface area contributed by atoms with Crippen LogP contribution in [0, 0.1) is 0 Å². The number of pyridine rings is 1. The second-order valence-electron chi connectivity index (χ2n) is 5.26. The molecule has 2 heterocycles. The first-order chi connectivity index (χ1) is 11.8. The van der Waals surface area contributed by atoms with Crippen LogP contribution in [0.3, 0.4) is 0 Å². The molecular formula is C18H18N4O2. The van der Waals surface area contributed by atoms with Crippen molar-refractivity contribution in [2.45, 2.75) is 6.42 Å². The van der Waals surface area contributed by atoms with Gasteiger partial charge in [0.25, 0.3) is 5.91 Å². The van der Waals surface area contributed by atoms with E-state index >= 15 is 0 Å². The predicted molar refractivity (Wildman–Crippen MR) is 90.8 cm³/mol. The lowest BCUT2D eigenvalue weighted by molar-refractivity contribution is 0.0949. The van der Waals surface area contributed by atoms with Crippen LogP contribution in [0.15, 0.2) is 54.9 Å². The van der Waals surface area contributed by atoms with E-state index in [1.165, 1.54) is 0 Å². The highest BCUT2D eigenvalue weighted by molar-refractivity contribution is 5.93. The van der Waals surface area contributed by atoms with E-state index in [2.05, 4.69) is 20.5 Å². The fraction of sp³-hybridized carbons (Fsp3) is 0.167. The average Bonchev–Trinajstić information content (AvgIpc) is 3.13. The zero-order valence-electron chi connectivity index (χ0n) is 13.3. The van der Waals surface area contributed by atoms with Crippen molar-refractivity contribution in [1.29, 1.82) is 0 Å². The third-order valence-corrected chi connectivity index (χ3v) is 3.64. The summed E-state index contributed by atoms with van der Waals surface area (Å²) in [5, 5.41) is 9.86. The van der Waals surface area contributed by atoms with Crippen LogP contribution in [0.25, 0.3) is 11.3 Å². The molecule has 6 heteroatoms. The maximum absolute atomic E-state index is 12.2. The number of hydrogen-bond donors (Lipinski definition) is 2. The number of carbonyl (C=O) groups excluding carboxylic acids is 1. The lowest BCUT2D eigenvalue weighted by Gasteiger charge is -2.03. The molecule has 3 aromatic rings. The van der Waals surface area contributed by atoms with E-state index in [9.17, 15) is 4.79 Å². The highest BCUT2D eigenvalue weighted by Crippen LogP contribution is 2.22. The quantitative estimate of drug-likeness (QED) is 0.730. The summed E-state index contributed by atoms with van der Waals surface area (Å²) in [6, 6.07) is 13.1. The molecule has 0 aliphatic carbocycles. The van der Waals surface area contributed by atoms with Crippen molar-refractivity contribution in [2.24, 2.45) is 0 Å². The zero-order valence-corrected chi connectivity index (χ0v) is 13.3. The summed E-state index contributed by atoms with van der Waals surface area (Å²) in [7, 11) is 1.62. The molecule has 2 N–H and O–H groups in total. The Morgan fingerprint density at radius 2 is 2.04 bits per heavy atom. The molecule has 24 heavy (non-hydrogen) atoms. The Morgan fingerprint density at radius 1 is 1.21 bits per heavy atom. The van der Waals surface area contributed by atoms with Crippen LogP contribution in [0.1, 0.15) is 16.1 Å². The number of amides is 1. The van der Waals surface area contributed by atoms with Gasteiger partial charge in [-0.25, -0.2) is 0 Å². The number of H-pyrrole nitrogens is 1. The van der Waals surface area contributed by atoms with Crippen LogP contribution >= 0.6 is 0 Å². The van der Waals surface area contributed by atoms with E-state index in [-0.39, 0.29) is 5.91 Å². The summed E-state index contributed by atoms with van der Waals surface area (Å²) >= 11 is 0. The number of rotatable bonds is 6. The number of carbonyl (C=O) groups is 1. The van der Waals surface area contributed by atoms with E-state index in [0.717, 1.165) is 23.3 Å². The molecular weight excluding hydrogens is 304 g/mol. The highest BCUT2D eigenvalue weighted by Gasteiger charge is 2.11. The topological polar surface area (TPSA) is 79.9 Å². The molecule has 0 aliphatic rings. The van der Waals surface area contributed by atoms with Crippen LogP contribution in [0.4, 0.5) is 0 Å². The van der Waals surface area contributed by atoms with E-state index in [1.54, 1.807) is 25.6 Å². The monoisotopic (exact) mass is 322 g/mol. The molecule has 122 valence electrons. The number of nitrogens with zero attached hydrogens (tertiary/aromatic N) is 2. The fourth-order valence-corrected chi connectivity index (χ4v) is 2.33. The van der Waals surface area contributed by atoms with Gasteiger partial charge < -0.3 is 10.1 Å². The molecule has 1 amide bonds. The minimum absolute atomic E-state index is 0.175. The van der Waals surface area contributed by atoms with Crippen LogP contribution < -0.4 is 10.1 Å². The minimum Gasteiger partial charge on any atom is -0.497 e. The molecule has 0 radical (unpaired) electrons. The summed E-state index contributed by atoms with van der Waals surface area (Å²) in [5.74, 6) is 0.574. The number of nitrogens with one attached hydrogen (secondary N) is 2. The molecule has 0 bridgehead atoms. The number of methoxy groups -OCH3 is 1. The van der Waals surface area contributed by atoms with Gasteiger partial charge in [-0.1, -0.05) is 12.1 Å². The van der Waals surface area contributed by atoms with Crippen LogP contribution in [0.2, 0.25) is 0 Å². The number of benzene rings is 1. The van der Waals surface area contributed by atoms with Crippen LogP contribution in [-0.4, -0.2) is 34.7 Å². The van der Waals surface area contributed by atoms with Gasteiger partial charge in [0.2, 0.25) is 0 Å². The maximum Gasteiger partial charge on any atom is 0.269 e. The standard InChI is InChI=1S/C18H18N4O2/c1-24-15-4-2-3-14(11-15)16-12-17(22-21-16)18(23)20-10-7-13-5-8-19-9-6-13/h2-6,8-9,11-12H,7,10H2,1H3,(H,20,23)(H,21,22). The molecule has 0 aliphatic heterocycles. The number of aromatic nitrogens is 3. The first-order valence-corrected chi connectivity index (χ1v) is 7.63. The van der Waals surface area contributed by atoms with Gasteiger partial charge >= 0.3 is 0 Å². The second kappa shape index (κ2) is 7.41. The number of ether oxygens (including phenoxy) is 1. The highest BCUT2D eigenvalue weighted by atomic mass is 16.5. The Hall–Kier alpha value is -3.15. The van der Waals surface area contributed by atoms with Crippen molar-refractivity contribution in [1.82, 2.24) is 20.5 Å². The molecule has 0 saturated heterocycles. The van der Waals surface area contributed by atoms with Gasteiger partial charge in [0, 0.05) is 24.5 Å². The van der Waals surface area contributed by atoms with Gasteiger partial charge in [0.05, 0.1) is 12.8 Å². The Labute approximate surface area is 139 Å². The van der Waals surface area contributed by atoms with E-state index in [4.69, 9.17) is 4.74 Å². The van der Waals surface area contributed by atoms with Crippen molar-refractivity contribution in [2.75, 3.05) is 13.7 Å². The summed E-state index contributed by atoms with van der Waals surface area (Å²) < 4.78 is 5.20. The molecule has 0 saturated carbocycles. The Morgan fingerprint density at radius 3 is 2.83 bits per heavy atom. The first-order valence-electron chi connectivity index (χ1n) is 7.63. The number of aromatic amines is 1. The molecule has 0 fully saturated rings. The van der Waals surface area contributed by atoms with Gasteiger partial charge in [-0.15, -0.1) is 0 Å². The predicted octanol–water partition coefficient (Wildman–Crippen LogP) is 2.45. The molecule has 0 spiro atoms. The van der Waals surface area contributed by atoms with Crippen LogP contribution in [0.5, 0.6) is 5.75 Å². The lowest BCUT2D eigenvalue weighted by atomic mass is 10.1. The third kappa shape index (κ3) is 3.78. The third-order valence-electron chi connectivity index (χ3n) is 3.64. The molecule has 3 rings (SSSR count).